The first-order chi connectivity index (χ1) is 9.51. The molecule has 0 radical (unpaired) electrons. The summed E-state index contributed by atoms with van der Waals surface area (Å²) in [5.41, 5.74) is 7.37. The van der Waals surface area contributed by atoms with Gasteiger partial charge in [0, 0.05) is 6.54 Å². The highest BCUT2D eigenvalue weighted by Gasteiger charge is 2.33. The van der Waals surface area contributed by atoms with E-state index in [2.05, 4.69) is 0 Å². The first-order valence-electron chi connectivity index (χ1n) is 6.63. The SMILES string of the molecule is CCc1cc(CO[C@H]2CN(C(=O)O)C[C@@H]2N)ccc1F. The zero-order valence-corrected chi connectivity index (χ0v) is 11.4. The molecule has 110 valence electrons. The Hall–Kier alpha value is -1.66. The number of aryl methyl sites for hydroxylation is 1. The van der Waals surface area contributed by atoms with Crippen molar-refractivity contribution >= 4 is 6.09 Å². The molecule has 0 aromatic heterocycles. The van der Waals surface area contributed by atoms with Crippen LogP contribution >= 0.6 is 0 Å². The molecule has 2 atom stereocenters. The number of ether oxygens (including phenoxy) is 1. The van der Waals surface area contributed by atoms with Gasteiger partial charge < -0.3 is 20.5 Å². The Balaban J connectivity index is 1.94. The van der Waals surface area contributed by atoms with Crippen molar-refractivity contribution in [3.05, 3.63) is 35.1 Å². The second-order valence-electron chi connectivity index (χ2n) is 4.98. The van der Waals surface area contributed by atoms with E-state index >= 15 is 0 Å². The molecule has 2 rings (SSSR count). The van der Waals surface area contributed by atoms with Crippen LogP contribution in [0.3, 0.4) is 0 Å². The number of amides is 1. The Morgan fingerprint density at radius 2 is 2.30 bits per heavy atom. The Morgan fingerprint density at radius 3 is 2.90 bits per heavy atom. The normalized spacial score (nSPS) is 22.2. The molecule has 6 heteroatoms. The molecule has 1 fully saturated rings. The van der Waals surface area contributed by atoms with Crippen LogP contribution < -0.4 is 5.73 Å². The van der Waals surface area contributed by atoms with Crippen LogP contribution in [0.4, 0.5) is 9.18 Å². The zero-order valence-electron chi connectivity index (χ0n) is 11.4. The maximum Gasteiger partial charge on any atom is 0.407 e. The zero-order chi connectivity index (χ0) is 14.7. The highest BCUT2D eigenvalue weighted by Crippen LogP contribution is 2.16. The average Bonchev–Trinajstić information content (AvgIpc) is 2.79. The van der Waals surface area contributed by atoms with E-state index in [1.807, 2.05) is 6.92 Å². The van der Waals surface area contributed by atoms with Gasteiger partial charge in [-0.3, -0.25) is 0 Å². The van der Waals surface area contributed by atoms with Crippen molar-refractivity contribution in [2.75, 3.05) is 13.1 Å². The van der Waals surface area contributed by atoms with E-state index in [-0.39, 0.29) is 31.1 Å². The third kappa shape index (κ3) is 3.26. The number of rotatable bonds is 4. The minimum atomic E-state index is -0.985. The van der Waals surface area contributed by atoms with Crippen LogP contribution in [-0.4, -0.2) is 41.3 Å². The molecule has 3 N–H and O–H groups in total. The lowest BCUT2D eigenvalue weighted by atomic mass is 10.1. The molecule has 0 bridgehead atoms. The number of benzene rings is 1. The number of hydrogen-bond donors (Lipinski definition) is 2. The highest BCUT2D eigenvalue weighted by atomic mass is 19.1. The minimum absolute atomic E-state index is 0.217. The van der Waals surface area contributed by atoms with Crippen molar-refractivity contribution in [1.82, 2.24) is 4.90 Å². The summed E-state index contributed by atoms with van der Waals surface area (Å²) in [5, 5.41) is 8.91. The van der Waals surface area contributed by atoms with Crippen LogP contribution in [0.15, 0.2) is 18.2 Å². The lowest BCUT2D eigenvalue weighted by Gasteiger charge is -2.15. The van der Waals surface area contributed by atoms with E-state index in [4.69, 9.17) is 15.6 Å². The van der Waals surface area contributed by atoms with Gasteiger partial charge in [-0.2, -0.15) is 0 Å². The predicted octanol–water partition coefficient (Wildman–Crippen LogP) is 1.59. The summed E-state index contributed by atoms with van der Waals surface area (Å²) in [4.78, 5) is 12.1. The predicted molar refractivity (Wildman–Crippen MR) is 71.9 cm³/mol. The van der Waals surface area contributed by atoms with E-state index in [1.165, 1.54) is 11.0 Å². The summed E-state index contributed by atoms with van der Waals surface area (Å²) in [6.45, 7) is 2.75. The molecule has 1 aromatic rings. The van der Waals surface area contributed by atoms with Gasteiger partial charge in [0.15, 0.2) is 0 Å². The minimum Gasteiger partial charge on any atom is -0.465 e. The Morgan fingerprint density at radius 1 is 1.55 bits per heavy atom. The molecule has 1 heterocycles. The summed E-state index contributed by atoms with van der Waals surface area (Å²) in [5.74, 6) is -0.217. The second-order valence-corrected chi connectivity index (χ2v) is 4.98. The molecule has 1 aromatic carbocycles. The molecule has 0 spiro atoms. The molecule has 5 nitrogen and oxygen atoms in total. The number of carbonyl (C=O) groups is 1. The van der Waals surface area contributed by atoms with Gasteiger partial charge in [-0.15, -0.1) is 0 Å². The largest absolute Gasteiger partial charge is 0.465 e. The Bertz CT molecular complexity index is 495. The van der Waals surface area contributed by atoms with Gasteiger partial charge in [-0.1, -0.05) is 19.1 Å². The maximum atomic E-state index is 13.4. The van der Waals surface area contributed by atoms with Crippen molar-refractivity contribution in [2.24, 2.45) is 5.73 Å². The third-order valence-electron chi connectivity index (χ3n) is 3.53. The Kier molecular flexibility index (Phi) is 4.57. The Labute approximate surface area is 117 Å². The molecular formula is C14H19FN2O3. The van der Waals surface area contributed by atoms with Crippen molar-refractivity contribution in [1.29, 1.82) is 0 Å². The summed E-state index contributed by atoms with van der Waals surface area (Å²) in [6.07, 6.45) is -0.682. The monoisotopic (exact) mass is 282 g/mol. The third-order valence-corrected chi connectivity index (χ3v) is 3.53. The van der Waals surface area contributed by atoms with Gasteiger partial charge in [0.2, 0.25) is 0 Å². The molecular weight excluding hydrogens is 263 g/mol. The van der Waals surface area contributed by atoms with E-state index < -0.39 is 6.09 Å². The average molecular weight is 282 g/mol. The van der Waals surface area contributed by atoms with Gasteiger partial charge in [0.05, 0.1) is 25.3 Å². The number of hydrogen-bond acceptors (Lipinski definition) is 3. The fourth-order valence-electron chi connectivity index (χ4n) is 2.32. The first-order valence-corrected chi connectivity index (χ1v) is 6.63. The summed E-state index contributed by atoms with van der Waals surface area (Å²) in [6, 6.07) is 4.54. The van der Waals surface area contributed by atoms with Crippen molar-refractivity contribution < 1.29 is 19.0 Å². The number of nitrogens with zero attached hydrogens (tertiary/aromatic N) is 1. The van der Waals surface area contributed by atoms with E-state index in [1.54, 1.807) is 12.1 Å². The number of likely N-dealkylation sites (tertiary alicyclic amines) is 1. The highest BCUT2D eigenvalue weighted by molar-refractivity contribution is 5.65. The van der Waals surface area contributed by atoms with Gasteiger partial charge >= 0.3 is 6.09 Å². The first kappa shape index (κ1) is 14.7. The van der Waals surface area contributed by atoms with E-state index in [0.717, 1.165) is 5.56 Å². The summed E-state index contributed by atoms with van der Waals surface area (Å²) < 4.78 is 19.0. The smallest absolute Gasteiger partial charge is 0.407 e. The van der Waals surface area contributed by atoms with Crippen LogP contribution in [0.2, 0.25) is 0 Å². The molecule has 1 aliphatic heterocycles. The van der Waals surface area contributed by atoms with Crippen LogP contribution in [0.1, 0.15) is 18.1 Å². The molecule has 0 saturated carbocycles. The van der Waals surface area contributed by atoms with E-state index in [9.17, 15) is 9.18 Å². The van der Waals surface area contributed by atoms with Crippen LogP contribution in [-0.2, 0) is 17.8 Å². The summed E-state index contributed by atoms with van der Waals surface area (Å²) >= 11 is 0. The molecule has 1 aliphatic rings. The van der Waals surface area contributed by atoms with Gasteiger partial charge in [0.25, 0.3) is 0 Å². The summed E-state index contributed by atoms with van der Waals surface area (Å²) in [7, 11) is 0. The second kappa shape index (κ2) is 6.19. The topological polar surface area (TPSA) is 75.8 Å². The fourth-order valence-corrected chi connectivity index (χ4v) is 2.32. The maximum absolute atomic E-state index is 13.4. The standard InChI is InChI=1S/C14H19FN2O3/c1-2-10-5-9(3-4-11(10)15)8-20-13-7-17(14(18)19)6-12(13)16/h3-5,12-13H,2,6-8,16H2,1H3,(H,18,19)/t12-,13-/m0/s1. The van der Waals surface area contributed by atoms with E-state index in [0.29, 0.717) is 18.6 Å². The molecule has 1 amide bonds. The molecule has 20 heavy (non-hydrogen) atoms. The molecule has 1 saturated heterocycles. The van der Waals surface area contributed by atoms with Crippen LogP contribution in [0.25, 0.3) is 0 Å². The van der Waals surface area contributed by atoms with Crippen molar-refractivity contribution in [3.8, 4) is 0 Å². The molecule has 0 aliphatic carbocycles. The van der Waals surface area contributed by atoms with Gasteiger partial charge in [0.1, 0.15) is 5.82 Å². The van der Waals surface area contributed by atoms with Crippen molar-refractivity contribution in [2.45, 2.75) is 32.1 Å². The quantitative estimate of drug-likeness (QED) is 0.879. The van der Waals surface area contributed by atoms with Crippen LogP contribution in [0.5, 0.6) is 0 Å². The van der Waals surface area contributed by atoms with Crippen molar-refractivity contribution in [3.63, 3.8) is 0 Å². The molecule has 0 unspecified atom stereocenters. The van der Waals surface area contributed by atoms with Gasteiger partial charge in [-0.25, -0.2) is 9.18 Å². The fraction of sp³-hybridized carbons (Fsp3) is 0.500. The lowest BCUT2D eigenvalue weighted by molar-refractivity contribution is 0.0387. The number of halogens is 1. The number of carboxylic acid groups (broad SMARTS) is 1. The number of nitrogens with two attached hydrogens (primary N) is 1. The van der Waals surface area contributed by atoms with Gasteiger partial charge in [-0.05, 0) is 23.6 Å². The van der Waals surface area contributed by atoms with Crippen LogP contribution in [0, 0.1) is 5.82 Å². The lowest BCUT2D eigenvalue weighted by Crippen LogP contribution is -2.35.